The fraction of sp³-hybridized carbons (Fsp3) is 0.538. The first kappa shape index (κ1) is 13.5. The van der Waals surface area contributed by atoms with Crippen LogP contribution in [0.15, 0.2) is 24.3 Å². The Hall–Kier alpha value is -1.58. The Balaban J connectivity index is 2.42. The average Bonchev–Trinajstić information content (AvgIpc) is 2.22. The molecule has 0 spiro atoms. The summed E-state index contributed by atoms with van der Waals surface area (Å²) in [6.07, 6.45) is 8.06. The smallest absolute Gasteiger partial charge is 0.306 e. The van der Waals surface area contributed by atoms with Crippen LogP contribution in [0.5, 0.6) is 0 Å². The van der Waals surface area contributed by atoms with Gasteiger partial charge in [-0.1, -0.05) is 25.2 Å². The number of aliphatic carboxylic acids is 1. The maximum absolute atomic E-state index is 11.6. The van der Waals surface area contributed by atoms with E-state index in [1.54, 1.807) is 0 Å². The number of carbonyl (C=O) groups is 2. The molecule has 4 nitrogen and oxygen atoms in total. The maximum atomic E-state index is 11.6. The summed E-state index contributed by atoms with van der Waals surface area (Å²) in [7, 11) is 0. The Kier molecular flexibility index (Phi) is 4.49. The van der Waals surface area contributed by atoms with E-state index < -0.39 is 11.6 Å². The molecule has 2 unspecified atom stereocenters. The first-order chi connectivity index (χ1) is 7.94. The van der Waals surface area contributed by atoms with Crippen LogP contribution in [0.25, 0.3) is 0 Å². The molecule has 1 aliphatic rings. The van der Waals surface area contributed by atoms with E-state index in [9.17, 15) is 9.59 Å². The molecule has 0 aliphatic heterocycles. The van der Waals surface area contributed by atoms with Gasteiger partial charge in [-0.3, -0.25) is 9.59 Å². The zero-order valence-electron chi connectivity index (χ0n) is 10.2. The number of ether oxygens (including phenoxy) is 1. The third kappa shape index (κ3) is 4.06. The Morgan fingerprint density at radius 3 is 2.65 bits per heavy atom. The minimum absolute atomic E-state index is 0.00287. The van der Waals surface area contributed by atoms with E-state index >= 15 is 0 Å². The van der Waals surface area contributed by atoms with Crippen LogP contribution in [0.1, 0.15) is 33.1 Å². The molecule has 0 aromatic carbocycles. The standard InChI is InChI=1S/C13H18O4/c1-10-6-3-4-9-13(10,2)17-12(16)8-5-7-11(14)15/h3-4,6,9-10H,5,7-8H2,1-2H3,(H,14,15). The first-order valence-electron chi connectivity index (χ1n) is 5.74. The van der Waals surface area contributed by atoms with Crippen molar-refractivity contribution in [2.24, 2.45) is 5.92 Å². The number of carbonyl (C=O) groups excluding carboxylic acids is 1. The Morgan fingerprint density at radius 2 is 2.06 bits per heavy atom. The van der Waals surface area contributed by atoms with Crippen LogP contribution in [0.2, 0.25) is 0 Å². The molecule has 0 fully saturated rings. The lowest BCUT2D eigenvalue weighted by molar-refractivity contribution is -0.156. The van der Waals surface area contributed by atoms with Gasteiger partial charge >= 0.3 is 11.9 Å². The molecule has 0 heterocycles. The second kappa shape index (κ2) is 5.66. The Bertz CT molecular complexity index is 356. The van der Waals surface area contributed by atoms with Gasteiger partial charge in [0.25, 0.3) is 0 Å². The highest BCUT2D eigenvalue weighted by atomic mass is 16.6. The monoisotopic (exact) mass is 238 g/mol. The average molecular weight is 238 g/mol. The lowest BCUT2D eigenvalue weighted by Crippen LogP contribution is -2.36. The van der Waals surface area contributed by atoms with E-state index in [-0.39, 0.29) is 24.7 Å². The summed E-state index contributed by atoms with van der Waals surface area (Å²) in [5.74, 6) is -1.12. The molecule has 4 heteroatoms. The first-order valence-corrected chi connectivity index (χ1v) is 5.74. The molecule has 0 bridgehead atoms. The van der Waals surface area contributed by atoms with Crippen molar-refractivity contribution in [1.82, 2.24) is 0 Å². The third-order valence-electron chi connectivity index (χ3n) is 2.95. The van der Waals surface area contributed by atoms with E-state index in [1.807, 2.05) is 38.2 Å². The number of allylic oxidation sites excluding steroid dienone is 2. The van der Waals surface area contributed by atoms with Crippen LogP contribution < -0.4 is 0 Å². The molecule has 0 saturated carbocycles. The van der Waals surface area contributed by atoms with Crippen LogP contribution in [-0.4, -0.2) is 22.6 Å². The predicted molar refractivity (Wildman–Crippen MR) is 63.4 cm³/mol. The SMILES string of the molecule is CC1C=CC=CC1(C)OC(=O)CCCC(=O)O. The minimum atomic E-state index is -0.891. The fourth-order valence-corrected chi connectivity index (χ4v) is 1.63. The van der Waals surface area contributed by atoms with Crippen LogP contribution in [-0.2, 0) is 14.3 Å². The molecule has 1 N–H and O–H groups in total. The fourth-order valence-electron chi connectivity index (χ4n) is 1.63. The lowest BCUT2D eigenvalue weighted by Gasteiger charge is -2.32. The van der Waals surface area contributed by atoms with Gasteiger partial charge in [0.2, 0.25) is 0 Å². The molecule has 2 atom stereocenters. The van der Waals surface area contributed by atoms with Gasteiger partial charge in [0.05, 0.1) is 0 Å². The highest BCUT2D eigenvalue weighted by Gasteiger charge is 2.32. The van der Waals surface area contributed by atoms with Gasteiger partial charge in [-0.2, -0.15) is 0 Å². The normalized spacial score (nSPS) is 26.8. The molecule has 1 aliphatic carbocycles. The van der Waals surface area contributed by atoms with Crippen molar-refractivity contribution in [3.8, 4) is 0 Å². The van der Waals surface area contributed by atoms with E-state index in [1.165, 1.54) is 0 Å². The number of esters is 1. The van der Waals surface area contributed by atoms with E-state index in [2.05, 4.69) is 0 Å². The van der Waals surface area contributed by atoms with Crippen LogP contribution in [0.4, 0.5) is 0 Å². The molecular formula is C13H18O4. The number of hydrogen-bond donors (Lipinski definition) is 1. The van der Waals surface area contributed by atoms with Gasteiger partial charge in [0.15, 0.2) is 0 Å². The number of carboxylic acids is 1. The van der Waals surface area contributed by atoms with Crippen molar-refractivity contribution in [2.75, 3.05) is 0 Å². The maximum Gasteiger partial charge on any atom is 0.306 e. The van der Waals surface area contributed by atoms with Gasteiger partial charge < -0.3 is 9.84 Å². The van der Waals surface area contributed by atoms with Crippen molar-refractivity contribution in [2.45, 2.75) is 38.7 Å². The molecule has 0 amide bonds. The van der Waals surface area contributed by atoms with Gasteiger partial charge in [0, 0.05) is 18.8 Å². The number of rotatable bonds is 5. The molecule has 0 radical (unpaired) electrons. The zero-order chi connectivity index (χ0) is 12.9. The number of carboxylic acid groups (broad SMARTS) is 1. The highest BCUT2D eigenvalue weighted by molar-refractivity contribution is 5.72. The topological polar surface area (TPSA) is 63.6 Å². The van der Waals surface area contributed by atoms with Crippen molar-refractivity contribution < 1.29 is 19.4 Å². The molecule has 0 aromatic rings. The van der Waals surface area contributed by atoms with Crippen molar-refractivity contribution >= 4 is 11.9 Å². The van der Waals surface area contributed by atoms with Gasteiger partial charge in [-0.25, -0.2) is 0 Å². The van der Waals surface area contributed by atoms with Crippen LogP contribution in [0.3, 0.4) is 0 Å². The summed E-state index contributed by atoms with van der Waals surface area (Å²) in [5, 5.41) is 8.47. The summed E-state index contributed by atoms with van der Waals surface area (Å²) in [4.78, 5) is 21.9. The summed E-state index contributed by atoms with van der Waals surface area (Å²) >= 11 is 0. The summed E-state index contributed by atoms with van der Waals surface area (Å²) in [5.41, 5.74) is -0.616. The van der Waals surface area contributed by atoms with E-state index in [0.717, 1.165) is 0 Å². The van der Waals surface area contributed by atoms with E-state index in [4.69, 9.17) is 9.84 Å². The molecule has 0 aromatic heterocycles. The van der Waals surface area contributed by atoms with Gasteiger partial charge in [0.1, 0.15) is 5.60 Å². The molecule has 17 heavy (non-hydrogen) atoms. The van der Waals surface area contributed by atoms with Crippen molar-refractivity contribution in [3.63, 3.8) is 0 Å². The molecular weight excluding hydrogens is 220 g/mol. The minimum Gasteiger partial charge on any atom is -0.481 e. The van der Waals surface area contributed by atoms with Crippen LogP contribution in [0, 0.1) is 5.92 Å². The van der Waals surface area contributed by atoms with E-state index in [0.29, 0.717) is 6.42 Å². The Morgan fingerprint density at radius 1 is 1.35 bits per heavy atom. The molecule has 0 saturated heterocycles. The summed E-state index contributed by atoms with van der Waals surface area (Å²) < 4.78 is 5.40. The highest BCUT2D eigenvalue weighted by Crippen LogP contribution is 2.28. The van der Waals surface area contributed by atoms with Crippen molar-refractivity contribution in [1.29, 1.82) is 0 Å². The molecule has 1 rings (SSSR count). The quantitative estimate of drug-likeness (QED) is 0.746. The van der Waals surface area contributed by atoms with Crippen molar-refractivity contribution in [3.05, 3.63) is 24.3 Å². The predicted octanol–water partition coefficient (Wildman–Crippen LogP) is 2.31. The largest absolute Gasteiger partial charge is 0.481 e. The summed E-state index contributed by atoms with van der Waals surface area (Å²) in [6.45, 7) is 3.83. The van der Waals surface area contributed by atoms with Gasteiger partial charge in [-0.05, 0) is 19.4 Å². The Labute approximate surface area is 101 Å². The van der Waals surface area contributed by atoms with Crippen LogP contribution >= 0.6 is 0 Å². The zero-order valence-corrected chi connectivity index (χ0v) is 10.2. The second-order valence-corrected chi connectivity index (χ2v) is 4.44. The van der Waals surface area contributed by atoms with Gasteiger partial charge in [-0.15, -0.1) is 0 Å². The third-order valence-corrected chi connectivity index (χ3v) is 2.95. The number of hydrogen-bond acceptors (Lipinski definition) is 3. The summed E-state index contributed by atoms with van der Waals surface area (Å²) in [6, 6.07) is 0. The second-order valence-electron chi connectivity index (χ2n) is 4.44. The lowest BCUT2D eigenvalue weighted by atomic mass is 9.87. The molecule has 94 valence electrons.